The smallest absolute Gasteiger partial charge is 0.335 e. The van der Waals surface area contributed by atoms with Gasteiger partial charge in [0.05, 0.1) is 12.3 Å². The first kappa shape index (κ1) is 21.8. The van der Waals surface area contributed by atoms with Gasteiger partial charge in [-0.15, -0.1) is 0 Å². The standard InChI is InChI=1S/C24H24N2O5/c1-4-13-31-20-12-9-17(15-21(20)30-6-3)14-19-22(27)25-24(29)26(23(19)28)18-10-7-16(5-2)8-11-18/h4,7-12,14-15H,1,5-6,13H2,2-3H3,(H,25,27,29)/b19-14-. The fourth-order valence-corrected chi connectivity index (χ4v) is 3.09. The van der Waals surface area contributed by atoms with E-state index in [9.17, 15) is 14.4 Å². The number of urea groups is 1. The summed E-state index contributed by atoms with van der Waals surface area (Å²) >= 11 is 0. The summed E-state index contributed by atoms with van der Waals surface area (Å²) in [6.45, 7) is 8.21. The molecule has 31 heavy (non-hydrogen) atoms. The summed E-state index contributed by atoms with van der Waals surface area (Å²) in [5.74, 6) is -0.439. The molecular weight excluding hydrogens is 396 g/mol. The lowest BCUT2D eigenvalue weighted by molar-refractivity contribution is -0.122. The minimum atomic E-state index is -0.778. The number of ether oxygens (including phenoxy) is 2. The van der Waals surface area contributed by atoms with Crippen LogP contribution in [0.25, 0.3) is 6.08 Å². The minimum absolute atomic E-state index is 0.152. The van der Waals surface area contributed by atoms with Crippen molar-refractivity contribution >= 4 is 29.6 Å². The molecule has 0 radical (unpaired) electrons. The van der Waals surface area contributed by atoms with Crippen LogP contribution in [0.1, 0.15) is 25.0 Å². The molecule has 2 aromatic carbocycles. The van der Waals surface area contributed by atoms with Crippen molar-refractivity contribution in [1.82, 2.24) is 5.32 Å². The highest BCUT2D eigenvalue weighted by Gasteiger charge is 2.36. The second-order valence-corrected chi connectivity index (χ2v) is 6.72. The van der Waals surface area contributed by atoms with Crippen molar-refractivity contribution in [1.29, 1.82) is 0 Å². The van der Waals surface area contributed by atoms with E-state index >= 15 is 0 Å². The number of imide groups is 2. The molecule has 0 aromatic heterocycles. The minimum Gasteiger partial charge on any atom is -0.490 e. The topological polar surface area (TPSA) is 84.9 Å². The normalized spacial score (nSPS) is 15.1. The van der Waals surface area contributed by atoms with E-state index < -0.39 is 17.8 Å². The molecule has 0 saturated carbocycles. The number of barbiturate groups is 1. The third-order valence-electron chi connectivity index (χ3n) is 4.64. The van der Waals surface area contributed by atoms with Crippen LogP contribution < -0.4 is 19.7 Å². The molecule has 1 aliphatic rings. The van der Waals surface area contributed by atoms with Crippen LogP contribution in [-0.4, -0.2) is 31.1 Å². The molecule has 0 aliphatic carbocycles. The van der Waals surface area contributed by atoms with Gasteiger partial charge in [-0.2, -0.15) is 0 Å². The van der Waals surface area contributed by atoms with E-state index in [4.69, 9.17) is 9.47 Å². The van der Waals surface area contributed by atoms with E-state index in [0.29, 0.717) is 36.0 Å². The summed E-state index contributed by atoms with van der Waals surface area (Å²) < 4.78 is 11.2. The maximum atomic E-state index is 13.0. The highest BCUT2D eigenvalue weighted by atomic mass is 16.5. The molecule has 2 aromatic rings. The Kier molecular flexibility index (Phi) is 6.87. The number of aryl methyl sites for hydroxylation is 1. The number of rotatable bonds is 8. The van der Waals surface area contributed by atoms with Crippen LogP contribution in [0.15, 0.2) is 60.7 Å². The number of carbonyl (C=O) groups is 3. The van der Waals surface area contributed by atoms with Crippen molar-refractivity contribution in [2.75, 3.05) is 18.1 Å². The molecule has 1 fully saturated rings. The number of anilines is 1. The molecule has 0 unspecified atom stereocenters. The summed E-state index contributed by atoms with van der Waals surface area (Å²) in [5, 5.41) is 2.23. The quantitative estimate of drug-likeness (QED) is 0.398. The first-order chi connectivity index (χ1) is 15.0. The summed E-state index contributed by atoms with van der Waals surface area (Å²) in [6, 6.07) is 11.3. The van der Waals surface area contributed by atoms with Gasteiger partial charge in [0, 0.05) is 0 Å². The highest BCUT2D eigenvalue weighted by Crippen LogP contribution is 2.30. The van der Waals surface area contributed by atoms with Crippen LogP contribution in [0.5, 0.6) is 11.5 Å². The summed E-state index contributed by atoms with van der Waals surface area (Å²) in [5.41, 5.74) is 1.87. The molecule has 7 nitrogen and oxygen atoms in total. The molecule has 1 heterocycles. The molecule has 7 heteroatoms. The molecule has 1 N–H and O–H groups in total. The van der Waals surface area contributed by atoms with Crippen molar-refractivity contribution in [3.05, 3.63) is 71.8 Å². The Hall–Kier alpha value is -3.87. The Balaban J connectivity index is 1.95. The lowest BCUT2D eigenvalue weighted by atomic mass is 10.1. The number of benzene rings is 2. The summed E-state index contributed by atoms with van der Waals surface area (Å²) in [6.07, 6.45) is 3.88. The predicted octanol–water partition coefficient (Wildman–Crippen LogP) is 3.88. The Bertz CT molecular complexity index is 1040. The molecule has 4 amide bonds. The first-order valence-electron chi connectivity index (χ1n) is 9.99. The zero-order chi connectivity index (χ0) is 22.4. The molecule has 0 spiro atoms. The summed E-state index contributed by atoms with van der Waals surface area (Å²) in [7, 11) is 0. The second kappa shape index (κ2) is 9.75. The molecule has 1 aliphatic heterocycles. The maximum absolute atomic E-state index is 13.0. The van der Waals surface area contributed by atoms with E-state index in [1.165, 1.54) is 6.08 Å². The average molecular weight is 420 g/mol. The number of hydrogen-bond donors (Lipinski definition) is 1. The van der Waals surface area contributed by atoms with Gasteiger partial charge in [0.2, 0.25) is 0 Å². The Labute approximate surface area is 181 Å². The van der Waals surface area contributed by atoms with Crippen LogP contribution >= 0.6 is 0 Å². The lowest BCUT2D eigenvalue weighted by Crippen LogP contribution is -2.54. The van der Waals surface area contributed by atoms with Gasteiger partial charge >= 0.3 is 6.03 Å². The van der Waals surface area contributed by atoms with E-state index in [1.807, 2.05) is 26.0 Å². The monoisotopic (exact) mass is 420 g/mol. The van der Waals surface area contributed by atoms with Crippen LogP contribution in [-0.2, 0) is 16.0 Å². The number of hydrogen-bond acceptors (Lipinski definition) is 5. The van der Waals surface area contributed by atoms with E-state index in [-0.39, 0.29) is 5.57 Å². The molecular formula is C24H24N2O5. The predicted molar refractivity (Wildman–Crippen MR) is 118 cm³/mol. The van der Waals surface area contributed by atoms with Crippen molar-refractivity contribution in [3.63, 3.8) is 0 Å². The van der Waals surface area contributed by atoms with Gasteiger partial charge in [0.15, 0.2) is 11.5 Å². The van der Waals surface area contributed by atoms with E-state index in [0.717, 1.165) is 16.9 Å². The number of carbonyl (C=O) groups excluding carboxylic acids is 3. The van der Waals surface area contributed by atoms with Crippen molar-refractivity contribution < 1.29 is 23.9 Å². The number of nitrogens with zero attached hydrogens (tertiary/aromatic N) is 1. The van der Waals surface area contributed by atoms with Crippen molar-refractivity contribution in [3.8, 4) is 11.5 Å². The lowest BCUT2D eigenvalue weighted by Gasteiger charge is -2.26. The van der Waals surface area contributed by atoms with E-state index in [2.05, 4.69) is 11.9 Å². The summed E-state index contributed by atoms with van der Waals surface area (Å²) in [4.78, 5) is 38.7. The van der Waals surface area contributed by atoms with Crippen LogP contribution in [0.3, 0.4) is 0 Å². The Morgan fingerprint density at radius 2 is 1.74 bits per heavy atom. The zero-order valence-corrected chi connectivity index (χ0v) is 17.5. The molecule has 1 saturated heterocycles. The van der Waals surface area contributed by atoms with Gasteiger partial charge in [-0.05, 0) is 54.8 Å². The fourth-order valence-electron chi connectivity index (χ4n) is 3.09. The largest absolute Gasteiger partial charge is 0.490 e. The molecule has 160 valence electrons. The van der Waals surface area contributed by atoms with Crippen LogP contribution in [0, 0.1) is 0 Å². The Morgan fingerprint density at radius 1 is 1.00 bits per heavy atom. The molecule has 0 bridgehead atoms. The zero-order valence-electron chi connectivity index (χ0n) is 17.5. The van der Waals surface area contributed by atoms with Gasteiger partial charge in [-0.3, -0.25) is 14.9 Å². The number of nitrogens with one attached hydrogen (secondary N) is 1. The SMILES string of the molecule is C=CCOc1ccc(/C=C2/C(=O)NC(=O)N(c3ccc(CC)cc3)C2=O)cc1OCC. The molecule has 0 atom stereocenters. The van der Waals surface area contributed by atoms with Gasteiger partial charge in [0.1, 0.15) is 12.2 Å². The van der Waals surface area contributed by atoms with Crippen LogP contribution in [0.4, 0.5) is 10.5 Å². The molecule has 3 rings (SSSR count). The third-order valence-corrected chi connectivity index (χ3v) is 4.64. The van der Waals surface area contributed by atoms with Gasteiger partial charge < -0.3 is 9.47 Å². The van der Waals surface area contributed by atoms with E-state index in [1.54, 1.807) is 36.4 Å². The fraction of sp³-hybridized carbons (Fsp3) is 0.208. The van der Waals surface area contributed by atoms with Gasteiger partial charge in [0.25, 0.3) is 11.8 Å². The van der Waals surface area contributed by atoms with Gasteiger partial charge in [-0.25, -0.2) is 9.69 Å². The van der Waals surface area contributed by atoms with Crippen molar-refractivity contribution in [2.45, 2.75) is 20.3 Å². The Morgan fingerprint density at radius 3 is 2.39 bits per heavy atom. The number of amides is 4. The first-order valence-corrected chi connectivity index (χ1v) is 9.99. The highest BCUT2D eigenvalue weighted by molar-refractivity contribution is 6.39. The van der Waals surface area contributed by atoms with Crippen molar-refractivity contribution in [2.24, 2.45) is 0 Å². The van der Waals surface area contributed by atoms with Crippen LogP contribution in [0.2, 0.25) is 0 Å². The maximum Gasteiger partial charge on any atom is 0.335 e. The second-order valence-electron chi connectivity index (χ2n) is 6.72. The third kappa shape index (κ3) is 4.83. The average Bonchev–Trinajstić information content (AvgIpc) is 2.76. The van der Waals surface area contributed by atoms with Gasteiger partial charge in [-0.1, -0.05) is 37.8 Å².